The summed E-state index contributed by atoms with van der Waals surface area (Å²) < 4.78 is 10.3. The van der Waals surface area contributed by atoms with Crippen LogP contribution in [0.5, 0.6) is 0 Å². The molecular weight excluding hydrogens is 194 g/mol. The largest absolute Gasteiger partial charge is 0.383 e. The van der Waals surface area contributed by atoms with E-state index >= 15 is 0 Å². The Bertz CT molecular complexity index is 184. The molecule has 1 rings (SSSR count). The Morgan fingerprint density at radius 3 is 1.80 bits per heavy atom. The van der Waals surface area contributed by atoms with Crippen LogP contribution in [0.2, 0.25) is 0 Å². The van der Waals surface area contributed by atoms with Crippen molar-refractivity contribution >= 4 is 0 Å². The molecule has 0 aromatic rings. The molecule has 0 aliphatic carbocycles. The summed E-state index contributed by atoms with van der Waals surface area (Å²) in [6, 6.07) is 0. The average Bonchev–Trinajstić information content (AvgIpc) is 2.15. The lowest BCUT2D eigenvalue weighted by atomic mass is 9.80. The minimum Gasteiger partial charge on any atom is -0.383 e. The molecule has 1 aliphatic rings. The molecule has 1 fully saturated rings. The number of nitrogens with zero attached hydrogens (tertiary/aromatic N) is 1. The van der Waals surface area contributed by atoms with Crippen molar-refractivity contribution < 1.29 is 14.7 Å². The van der Waals surface area contributed by atoms with Gasteiger partial charge in [-0.25, -0.2) is 0 Å². The average molecular weight is 216 g/mol. The van der Waals surface area contributed by atoms with Crippen LogP contribution in [0.1, 0.15) is 33.1 Å². The number of hydroxylamine groups is 2. The Kier molecular flexibility index (Phi) is 4.12. The van der Waals surface area contributed by atoms with E-state index in [1.807, 2.05) is 13.8 Å². The van der Waals surface area contributed by atoms with E-state index in [9.17, 15) is 5.21 Å². The Morgan fingerprint density at radius 1 is 1.07 bits per heavy atom. The van der Waals surface area contributed by atoms with Crippen LogP contribution in [0, 0.1) is 0 Å². The van der Waals surface area contributed by atoms with Crippen LogP contribution in [0.25, 0.3) is 0 Å². The van der Waals surface area contributed by atoms with Crippen molar-refractivity contribution in [3.05, 3.63) is 0 Å². The summed E-state index contributed by atoms with van der Waals surface area (Å²) in [5.41, 5.74) is -0.805. The van der Waals surface area contributed by atoms with Gasteiger partial charge < -0.3 is 9.47 Å². The molecule has 0 N–H and O–H groups in total. The second-order valence-electron chi connectivity index (χ2n) is 5.01. The summed E-state index contributed by atoms with van der Waals surface area (Å²) in [7, 11) is 3.28. The normalized spacial score (nSPS) is 38.2. The monoisotopic (exact) mass is 216 g/mol. The SMILES string of the molecule is COC[C@]1(C)CCC[C@](C)(COC)N1[O]. The van der Waals surface area contributed by atoms with Crippen molar-refractivity contribution in [1.82, 2.24) is 5.06 Å². The summed E-state index contributed by atoms with van der Waals surface area (Å²) in [5, 5.41) is 13.5. The number of hydrogen-bond acceptors (Lipinski definition) is 3. The highest BCUT2D eigenvalue weighted by Crippen LogP contribution is 2.37. The van der Waals surface area contributed by atoms with E-state index in [-0.39, 0.29) is 0 Å². The van der Waals surface area contributed by atoms with Crippen molar-refractivity contribution in [2.24, 2.45) is 0 Å². The first-order valence-electron chi connectivity index (χ1n) is 5.44. The first-order valence-corrected chi connectivity index (χ1v) is 5.44. The highest BCUT2D eigenvalue weighted by molar-refractivity contribution is 4.97. The van der Waals surface area contributed by atoms with Crippen molar-refractivity contribution in [3.8, 4) is 0 Å². The molecule has 2 atom stereocenters. The van der Waals surface area contributed by atoms with Crippen molar-refractivity contribution in [2.75, 3.05) is 27.4 Å². The zero-order valence-electron chi connectivity index (χ0n) is 10.2. The predicted molar refractivity (Wildman–Crippen MR) is 56.9 cm³/mol. The molecule has 0 bridgehead atoms. The lowest BCUT2D eigenvalue weighted by molar-refractivity contribution is -0.310. The Hall–Kier alpha value is -0.160. The van der Waals surface area contributed by atoms with Gasteiger partial charge in [-0.15, -0.1) is 10.3 Å². The molecule has 1 aliphatic heterocycles. The second kappa shape index (κ2) is 4.78. The van der Waals surface area contributed by atoms with Crippen molar-refractivity contribution in [2.45, 2.75) is 44.2 Å². The number of hydrogen-bond donors (Lipinski definition) is 0. The number of methoxy groups -OCH3 is 2. The molecule has 0 amide bonds. The summed E-state index contributed by atoms with van der Waals surface area (Å²) in [4.78, 5) is 0. The summed E-state index contributed by atoms with van der Waals surface area (Å²) in [6.07, 6.45) is 2.84. The van der Waals surface area contributed by atoms with E-state index in [4.69, 9.17) is 9.47 Å². The van der Waals surface area contributed by atoms with Gasteiger partial charge in [-0.05, 0) is 33.1 Å². The molecule has 1 radical (unpaired) electrons. The standard InChI is InChI=1S/C11H22NO3/c1-10(8-14-3)6-5-7-11(2,9-15-4)12(10)13/h5-9H2,1-4H3/t10-,11+. The van der Waals surface area contributed by atoms with E-state index in [1.54, 1.807) is 14.2 Å². The Balaban J connectivity index is 2.77. The maximum Gasteiger partial charge on any atom is 0.0705 e. The van der Waals surface area contributed by atoms with E-state index < -0.39 is 11.1 Å². The minimum absolute atomic E-state index is 0.402. The minimum atomic E-state index is -0.402. The van der Waals surface area contributed by atoms with Crippen LogP contribution in [-0.4, -0.2) is 43.6 Å². The fourth-order valence-electron chi connectivity index (χ4n) is 2.59. The van der Waals surface area contributed by atoms with Gasteiger partial charge >= 0.3 is 0 Å². The lowest BCUT2D eigenvalue weighted by Gasteiger charge is -2.49. The number of piperidine rings is 1. The molecule has 1 heterocycles. The van der Waals surface area contributed by atoms with Gasteiger partial charge in [0.1, 0.15) is 0 Å². The third-order valence-corrected chi connectivity index (χ3v) is 3.32. The zero-order chi connectivity index (χ0) is 11.5. The van der Waals surface area contributed by atoms with Crippen LogP contribution in [0.3, 0.4) is 0 Å². The topological polar surface area (TPSA) is 41.6 Å². The third kappa shape index (κ3) is 2.50. The highest BCUT2D eigenvalue weighted by Gasteiger charge is 2.47. The van der Waals surface area contributed by atoms with Crippen LogP contribution < -0.4 is 0 Å². The fraction of sp³-hybridized carbons (Fsp3) is 1.00. The molecule has 1 saturated heterocycles. The molecule has 89 valence electrons. The first-order chi connectivity index (χ1) is 6.98. The summed E-state index contributed by atoms with van der Waals surface area (Å²) in [5.74, 6) is 0. The molecule has 4 heteroatoms. The molecule has 0 unspecified atom stereocenters. The molecule has 0 saturated carbocycles. The van der Waals surface area contributed by atoms with E-state index in [0.29, 0.717) is 13.2 Å². The third-order valence-electron chi connectivity index (χ3n) is 3.32. The Morgan fingerprint density at radius 2 is 1.47 bits per heavy atom. The van der Waals surface area contributed by atoms with Gasteiger partial charge in [-0.3, -0.25) is 0 Å². The van der Waals surface area contributed by atoms with Crippen LogP contribution in [0.15, 0.2) is 0 Å². The van der Waals surface area contributed by atoms with Gasteiger partial charge in [0, 0.05) is 14.2 Å². The summed E-state index contributed by atoms with van der Waals surface area (Å²) >= 11 is 0. The van der Waals surface area contributed by atoms with Gasteiger partial charge in [0.25, 0.3) is 0 Å². The molecule has 0 spiro atoms. The maximum absolute atomic E-state index is 12.3. The molecular formula is C11H22NO3. The lowest BCUT2D eigenvalue weighted by Crippen LogP contribution is -2.62. The highest BCUT2D eigenvalue weighted by atomic mass is 16.5. The smallest absolute Gasteiger partial charge is 0.0705 e. The number of rotatable bonds is 4. The predicted octanol–water partition coefficient (Wildman–Crippen LogP) is 1.63. The van der Waals surface area contributed by atoms with Gasteiger partial charge in [-0.2, -0.15) is 0 Å². The summed E-state index contributed by atoms with van der Waals surface area (Å²) in [6.45, 7) is 4.90. The van der Waals surface area contributed by atoms with Crippen LogP contribution in [-0.2, 0) is 14.7 Å². The first kappa shape index (κ1) is 12.9. The van der Waals surface area contributed by atoms with Gasteiger partial charge in [0.2, 0.25) is 0 Å². The van der Waals surface area contributed by atoms with Crippen molar-refractivity contribution in [1.29, 1.82) is 0 Å². The maximum atomic E-state index is 12.3. The molecule has 0 aromatic heterocycles. The van der Waals surface area contributed by atoms with Crippen molar-refractivity contribution in [3.63, 3.8) is 0 Å². The zero-order valence-corrected chi connectivity index (χ0v) is 10.2. The number of ether oxygens (including phenoxy) is 2. The van der Waals surface area contributed by atoms with E-state index in [0.717, 1.165) is 19.3 Å². The molecule has 0 aromatic carbocycles. The van der Waals surface area contributed by atoms with E-state index in [2.05, 4.69) is 0 Å². The van der Waals surface area contributed by atoms with Gasteiger partial charge in [-0.1, -0.05) is 0 Å². The molecule has 15 heavy (non-hydrogen) atoms. The van der Waals surface area contributed by atoms with Crippen LogP contribution in [0.4, 0.5) is 0 Å². The van der Waals surface area contributed by atoms with Gasteiger partial charge in [0.15, 0.2) is 0 Å². The molecule has 4 nitrogen and oxygen atoms in total. The second-order valence-corrected chi connectivity index (χ2v) is 5.01. The fourth-order valence-corrected chi connectivity index (χ4v) is 2.59. The van der Waals surface area contributed by atoms with E-state index in [1.165, 1.54) is 5.06 Å². The van der Waals surface area contributed by atoms with Crippen LogP contribution >= 0.6 is 0 Å². The quantitative estimate of drug-likeness (QED) is 0.717. The van der Waals surface area contributed by atoms with Gasteiger partial charge in [0.05, 0.1) is 24.3 Å². The Labute approximate surface area is 92.1 Å².